The maximum absolute atomic E-state index is 13.3. The van der Waals surface area contributed by atoms with Crippen LogP contribution in [-0.4, -0.2) is 44.1 Å². The first-order chi connectivity index (χ1) is 16.0. The van der Waals surface area contributed by atoms with Crippen molar-refractivity contribution in [2.75, 3.05) is 18.4 Å². The highest BCUT2D eigenvalue weighted by Crippen LogP contribution is 2.36. The third-order valence-electron chi connectivity index (χ3n) is 6.33. The summed E-state index contributed by atoms with van der Waals surface area (Å²) in [6.45, 7) is 3.64. The van der Waals surface area contributed by atoms with Gasteiger partial charge in [-0.05, 0) is 66.4 Å². The summed E-state index contributed by atoms with van der Waals surface area (Å²) in [6, 6.07) is 15.6. The highest BCUT2D eigenvalue weighted by atomic mass is 35.5. The molecule has 1 amide bonds. The molecule has 3 aromatic carbocycles. The summed E-state index contributed by atoms with van der Waals surface area (Å²) in [5, 5.41) is 17.7. The molecule has 0 aliphatic carbocycles. The van der Waals surface area contributed by atoms with Crippen LogP contribution in [0.4, 0.5) is 11.4 Å². The quantitative estimate of drug-likeness (QED) is 0.443. The highest BCUT2D eigenvalue weighted by Gasteiger charge is 2.22. The number of hydrogen-bond acceptors (Lipinski definition) is 5. The molecule has 1 aliphatic rings. The standard InChI is InChI=1S/C25H25ClN6O/c1-16-17(24-28-29-30-31(24)2)8-7-11-21(16)27-22-13-12-19(23-18(22)9-6-10-20(23)26)25(33)32-14-4-3-5-15-32/h6-13,27H,3-5,14-15H2,1-2H3. The predicted molar refractivity (Wildman–Crippen MR) is 131 cm³/mol. The van der Waals surface area contributed by atoms with Gasteiger partial charge < -0.3 is 10.2 Å². The van der Waals surface area contributed by atoms with Crippen molar-refractivity contribution in [3.05, 3.63) is 64.7 Å². The molecule has 168 valence electrons. The number of carbonyl (C=O) groups excluding carboxylic acids is 1. The number of aromatic nitrogens is 4. The van der Waals surface area contributed by atoms with Crippen LogP contribution in [0.1, 0.15) is 35.2 Å². The van der Waals surface area contributed by atoms with Gasteiger partial charge in [-0.2, -0.15) is 0 Å². The van der Waals surface area contributed by atoms with E-state index in [4.69, 9.17) is 11.6 Å². The molecule has 0 bridgehead atoms. The van der Waals surface area contributed by atoms with Crippen LogP contribution in [0.5, 0.6) is 0 Å². The van der Waals surface area contributed by atoms with E-state index in [1.165, 1.54) is 6.42 Å². The van der Waals surface area contributed by atoms with Crippen LogP contribution >= 0.6 is 11.6 Å². The number of halogens is 1. The van der Waals surface area contributed by atoms with Crippen LogP contribution < -0.4 is 5.32 Å². The van der Waals surface area contributed by atoms with Crippen LogP contribution in [0, 0.1) is 6.92 Å². The minimum absolute atomic E-state index is 0.0484. The van der Waals surface area contributed by atoms with Gasteiger partial charge >= 0.3 is 0 Å². The average Bonchev–Trinajstić information content (AvgIpc) is 3.26. The lowest BCUT2D eigenvalue weighted by Crippen LogP contribution is -2.35. The van der Waals surface area contributed by atoms with Gasteiger partial charge in [-0.15, -0.1) is 5.10 Å². The lowest BCUT2D eigenvalue weighted by molar-refractivity contribution is 0.0726. The zero-order valence-corrected chi connectivity index (χ0v) is 19.4. The second kappa shape index (κ2) is 8.83. The number of nitrogens with one attached hydrogen (secondary N) is 1. The van der Waals surface area contributed by atoms with E-state index >= 15 is 0 Å². The number of fused-ring (bicyclic) bond motifs is 1. The minimum Gasteiger partial charge on any atom is -0.355 e. The molecule has 1 aromatic heterocycles. The van der Waals surface area contributed by atoms with Crippen molar-refractivity contribution in [3.8, 4) is 11.4 Å². The molecule has 1 N–H and O–H groups in total. The molecule has 1 fully saturated rings. The van der Waals surface area contributed by atoms with Crippen LogP contribution in [-0.2, 0) is 7.05 Å². The number of rotatable bonds is 4. The van der Waals surface area contributed by atoms with Gasteiger partial charge in [0.25, 0.3) is 5.91 Å². The van der Waals surface area contributed by atoms with Crippen molar-refractivity contribution in [3.63, 3.8) is 0 Å². The Hall–Kier alpha value is -3.45. The molecule has 4 aromatic rings. The lowest BCUT2D eigenvalue weighted by Gasteiger charge is -2.27. The van der Waals surface area contributed by atoms with E-state index in [1.807, 2.05) is 67.4 Å². The van der Waals surface area contributed by atoms with E-state index in [0.29, 0.717) is 16.4 Å². The van der Waals surface area contributed by atoms with Gasteiger partial charge in [-0.1, -0.05) is 35.9 Å². The van der Waals surface area contributed by atoms with Crippen molar-refractivity contribution in [1.29, 1.82) is 0 Å². The molecule has 5 rings (SSSR count). The van der Waals surface area contributed by atoms with E-state index in [-0.39, 0.29) is 5.91 Å². The SMILES string of the molecule is Cc1c(Nc2ccc(C(=O)N3CCCCC3)c3c(Cl)cccc23)cccc1-c1nnnn1C. The molecule has 0 radical (unpaired) electrons. The van der Waals surface area contributed by atoms with Crippen LogP contribution in [0.2, 0.25) is 5.02 Å². The van der Waals surface area contributed by atoms with Crippen molar-refractivity contribution in [1.82, 2.24) is 25.1 Å². The number of amides is 1. The molecule has 7 nitrogen and oxygen atoms in total. The number of piperidine rings is 1. The summed E-state index contributed by atoms with van der Waals surface area (Å²) >= 11 is 6.64. The summed E-state index contributed by atoms with van der Waals surface area (Å²) < 4.78 is 1.66. The Kier molecular flexibility index (Phi) is 5.72. The smallest absolute Gasteiger partial charge is 0.254 e. The first-order valence-electron chi connectivity index (χ1n) is 11.1. The highest BCUT2D eigenvalue weighted by molar-refractivity contribution is 6.37. The first-order valence-corrected chi connectivity index (χ1v) is 11.5. The Morgan fingerprint density at radius 1 is 1.00 bits per heavy atom. The van der Waals surface area contributed by atoms with Crippen molar-refractivity contribution < 1.29 is 4.79 Å². The van der Waals surface area contributed by atoms with E-state index in [1.54, 1.807) is 4.68 Å². The van der Waals surface area contributed by atoms with Crippen LogP contribution in [0.3, 0.4) is 0 Å². The summed E-state index contributed by atoms with van der Waals surface area (Å²) in [4.78, 5) is 15.3. The number of benzene rings is 3. The van der Waals surface area contributed by atoms with Gasteiger partial charge in [0.2, 0.25) is 0 Å². The fraction of sp³-hybridized carbons (Fsp3) is 0.280. The third-order valence-corrected chi connectivity index (χ3v) is 6.64. The number of hydrogen-bond donors (Lipinski definition) is 1. The van der Waals surface area contributed by atoms with E-state index in [2.05, 4.69) is 20.8 Å². The van der Waals surface area contributed by atoms with Gasteiger partial charge in [0.15, 0.2) is 5.82 Å². The molecule has 0 spiro atoms. The lowest BCUT2D eigenvalue weighted by atomic mass is 9.99. The molecule has 1 aliphatic heterocycles. The molecule has 0 saturated carbocycles. The Morgan fingerprint density at radius 3 is 2.55 bits per heavy atom. The minimum atomic E-state index is 0.0484. The fourth-order valence-corrected chi connectivity index (χ4v) is 4.81. The second-order valence-electron chi connectivity index (χ2n) is 8.41. The topological polar surface area (TPSA) is 75.9 Å². The van der Waals surface area contributed by atoms with Crippen molar-refractivity contribution in [2.24, 2.45) is 7.05 Å². The van der Waals surface area contributed by atoms with Gasteiger partial charge in [-0.25, -0.2) is 4.68 Å². The van der Waals surface area contributed by atoms with Crippen molar-refractivity contribution >= 4 is 39.7 Å². The molecule has 0 unspecified atom stereocenters. The summed E-state index contributed by atoms with van der Waals surface area (Å²) in [6.07, 6.45) is 3.28. The van der Waals surface area contributed by atoms with Crippen LogP contribution in [0.25, 0.3) is 22.2 Å². The van der Waals surface area contributed by atoms with Crippen LogP contribution in [0.15, 0.2) is 48.5 Å². The maximum Gasteiger partial charge on any atom is 0.254 e. The fourth-order valence-electron chi connectivity index (χ4n) is 4.53. The normalized spacial score (nSPS) is 14.0. The molecule has 1 saturated heterocycles. The Balaban J connectivity index is 1.56. The maximum atomic E-state index is 13.3. The number of tetrazole rings is 1. The first kappa shape index (κ1) is 21.4. The Morgan fingerprint density at radius 2 is 1.79 bits per heavy atom. The number of likely N-dealkylation sites (tertiary alicyclic amines) is 1. The van der Waals surface area contributed by atoms with Gasteiger partial charge in [-0.3, -0.25) is 4.79 Å². The number of anilines is 2. The Bertz CT molecular complexity index is 1340. The molecule has 33 heavy (non-hydrogen) atoms. The summed E-state index contributed by atoms with van der Waals surface area (Å²) in [5.74, 6) is 0.749. The molecular formula is C25H25ClN6O. The number of carbonyl (C=O) groups is 1. The summed E-state index contributed by atoms with van der Waals surface area (Å²) in [5.41, 5.74) is 4.45. The van der Waals surface area contributed by atoms with Gasteiger partial charge in [0, 0.05) is 58.4 Å². The predicted octanol–water partition coefficient (Wildman–Crippen LogP) is 5.36. The van der Waals surface area contributed by atoms with Gasteiger partial charge in [0.05, 0.1) is 0 Å². The van der Waals surface area contributed by atoms with E-state index < -0.39 is 0 Å². The summed E-state index contributed by atoms with van der Waals surface area (Å²) in [7, 11) is 1.82. The van der Waals surface area contributed by atoms with E-state index in [9.17, 15) is 4.79 Å². The van der Waals surface area contributed by atoms with E-state index in [0.717, 1.165) is 59.2 Å². The number of nitrogens with zero attached hydrogens (tertiary/aromatic N) is 5. The average molecular weight is 461 g/mol. The largest absolute Gasteiger partial charge is 0.355 e. The molecule has 8 heteroatoms. The monoisotopic (exact) mass is 460 g/mol. The molecule has 2 heterocycles. The molecule has 0 atom stereocenters. The second-order valence-corrected chi connectivity index (χ2v) is 8.81. The zero-order chi connectivity index (χ0) is 22.9. The zero-order valence-electron chi connectivity index (χ0n) is 18.7. The third kappa shape index (κ3) is 3.93. The van der Waals surface area contributed by atoms with Crippen molar-refractivity contribution in [2.45, 2.75) is 26.2 Å². The van der Waals surface area contributed by atoms with Gasteiger partial charge in [0.1, 0.15) is 0 Å². The Labute approximate surface area is 197 Å². The number of aryl methyl sites for hydroxylation is 1. The molecular weight excluding hydrogens is 436 g/mol.